The number of carbonyl (C=O) groups excluding carboxylic acids is 1. The van der Waals surface area contributed by atoms with Gasteiger partial charge in [-0.2, -0.15) is 4.98 Å². The molecule has 0 aliphatic carbocycles. The maximum absolute atomic E-state index is 13.6. The third kappa shape index (κ3) is 3.88. The van der Waals surface area contributed by atoms with E-state index in [9.17, 15) is 4.79 Å². The van der Waals surface area contributed by atoms with Crippen LogP contribution in [0.2, 0.25) is 0 Å². The van der Waals surface area contributed by atoms with Crippen LogP contribution >= 0.6 is 11.3 Å². The largest absolute Gasteiger partial charge is 0.497 e. The molecule has 0 saturated heterocycles. The first-order valence-electron chi connectivity index (χ1n) is 10.5. The molecule has 1 aliphatic rings. The summed E-state index contributed by atoms with van der Waals surface area (Å²) < 4.78 is 12.8. The number of anilines is 2. The van der Waals surface area contributed by atoms with Gasteiger partial charge < -0.3 is 20.1 Å². The van der Waals surface area contributed by atoms with E-state index in [1.54, 1.807) is 60.8 Å². The molecule has 2 N–H and O–H groups in total. The summed E-state index contributed by atoms with van der Waals surface area (Å²) in [6.45, 7) is 1.85. The van der Waals surface area contributed by atoms with Crippen LogP contribution in [0.1, 0.15) is 18.5 Å². The highest BCUT2D eigenvalue weighted by atomic mass is 32.1. The molecule has 9 nitrogen and oxygen atoms in total. The number of thiophene rings is 1. The Balaban J connectivity index is 1.65. The zero-order valence-corrected chi connectivity index (χ0v) is 19.6. The van der Waals surface area contributed by atoms with Gasteiger partial charge in [0.05, 0.1) is 36.6 Å². The number of fused-ring (bicyclic) bond motifs is 1. The van der Waals surface area contributed by atoms with Gasteiger partial charge >= 0.3 is 0 Å². The number of carbonyl (C=O) groups is 1. The smallest absolute Gasteiger partial charge is 0.255 e. The zero-order valence-electron chi connectivity index (χ0n) is 18.8. The van der Waals surface area contributed by atoms with E-state index in [1.807, 2.05) is 36.6 Å². The van der Waals surface area contributed by atoms with E-state index in [-0.39, 0.29) is 5.91 Å². The van der Waals surface area contributed by atoms with Crippen LogP contribution in [-0.2, 0) is 4.79 Å². The summed E-state index contributed by atoms with van der Waals surface area (Å²) in [5, 5.41) is 13.0. The molecule has 0 spiro atoms. The number of rotatable bonds is 6. The topological polar surface area (TPSA) is 103 Å². The van der Waals surface area contributed by atoms with Gasteiger partial charge in [0.15, 0.2) is 5.82 Å². The summed E-state index contributed by atoms with van der Waals surface area (Å²) in [4.78, 5) is 23.3. The molecule has 172 valence electrons. The lowest BCUT2D eigenvalue weighted by Gasteiger charge is -2.29. The van der Waals surface area contributed by atoms with Crippen molar-refractivity contribution in [2.75, 3.05) is 24.9 Å². The van der Waals surface area contributed by atoms with Crippen LogP contribution in [0.5, 0.6) is 11.5 Å². The fourth-order valence-electron chi connectivity index (χ4n) is 3.92. The summed E-state index contributed by atoms with van der Waals surface area (Å²) in [7, 11) is 3.18. The van der Waals surface area contributed by atoms with Crippen molar-refractivity contribution in [1.82, 2.24) is 19.7 Å². The Bertz CT molecular complexity index is 1360. The van der Waals surface area contributed by atoms with E-state index >= 15 is 0 Å². The molecule has 5 rings (SSSR count). The SMILES string of the molecule is COc1ccc([C@H]2C(C(=O)Nc3cccnc3)=C(C)Nc3nc(-c4cccs4)nn32)c(OC)c1. The van der Waals surface area contributed by atoms with Crippen molar-refractivity contribution in [2.24, 2.45) is 0 Å². The molecule has 0 fully saturated rings. The molecule has 1 atom stereocenters. The number of ether oxygens (including phenoxy) is 2. The number of amides is 1. The van der Waals surface area contributed by atoms with Crippen LogP contribution < -0.4 is 20.1 Å². The molecule has 1 amide bonds. The Kier molecular flexibility index (Phi) is 5.72. The van der Waals surface area contributed by atoms with Gasteiger partial charge in [-0.3, -0.25) is 9.78 Å². The molecule has 0 radical (unpaired) electrons. The quantitative estimate of drug-likeness (QED) is 0.428. The van der Waals surface area contributed by atoms with E-state index in [0.717, 1.165) is 10.4 Å². The molecule has 4 aromatic rings. The van der Waals surface area contributed by atoms with Gasteiger partial charge in [-0.25, -0.2) is 4.68 Å². The highest BCUT2D eigenvalue weighted by Crippen LogP contribution is 2.41. The van der Waals surface area contributed by atoms with E-state index in [4.69, 9.17) is 19.6 Å². The number of nitrogens with zero attached hydrogens (tertiary/aromatic N) is 4. The fraction of sp³-hybridized carbons (Fsp3) is 0.167. The van der Waals surface area contributed by atoms with E-state index < -0.39 is 6.04 Å². The van der Waals surface area contributed by atoms with E-state index in [2.05, 4.69) is 15.6 Å². The molecule has 1 aromatic carbocycles. The lowest BCUT2D eigenvalue weighted by Crippen LogP contribution is -2.31. The fourth-order valence-corrected chi connectivity index (χ4v) is 4.58. The Morgan fingerprint density at radius 1 is 1.18 bits per heavy atom. The minimum Gasteiger partial charge on any atom is -0.497 e. The number of hydrogen-bond acceptors (Lipinski definition) is 8. The van der Waals surface area contributed by atoms with Crippen molar-refractivity contribution < 1.29 is 14.3 Å². The van der Waals surface area contributed by atoms with Crippen LogP contribution in [0.25, 0.3) is 10.7 Å². The van der Waals surface area contributed by atoms with Gasteiger partial charge in [0, 0.05) is 23.5 Å². The zero-order chi connectivity index (χ0) is 23.7. The molecule has 0 bridgehead atoms. The average molecular weight is 475 g/mol. The molecule has 0 saturated carbocycles. The van der Waals surface area contributed by atoms with Gasteiger partial charge in [-0.15, -0.1) is 16.4 Å². The second-order valence-electron chi connectivity index (χ2n) is 7.55. The van der Waals surface area contributed by atoms with Crippen molar-refractivity contribution in [3.63, 3.8) is 0 Å². The lowest BCUT2D eigenvalue weighted by atomic mass is 9.94. The van der Waals surface area contributed by atoms with Gasteiger partial charge in [0.1, 0.15) is 17.5 Å². The van der Waals surface area contributed by atoms with Gasteiger partial charge in [0.25, 0.3) is 5.91 Å². The maximum atomic E-state index is 13.6. The third-order valence-corrected chi connectivity index (χ3v) is 6.36. The maximum Gasteiger partial charge on any atom is 0.255 e. The summed E-state index contributed by atoms with van der Waals surface area (Å²) >= 11 is 1.55. The van der Waals surface area contributed by atoms with Crippen LogP contribution in [0.3, 0.4) is 0 Å². The van der Waals surface area contributed by atoms with Crippen LogP contribution in [-0.4, -0.2) is 39.9 Å². The summed E-state index contributed by atoms with van der Waals surface area (Å²) in [6, 6.07) is 12.4. The number of nitrogens with one attached hydrogen (secondary N) is 2. The van der Waals surface area contributed by atoms with Crippen molar-refractivity contribution in [1.29, 1.82) is 0 Å². The Labute approximate surface area is 200 Å². The van der Waals surface area contributed by atoms with Crippen LogP contribution in [0.4, 0.5) is 11.6 Å². The lowest BCUT2D eigenvalue weighted by molar-refractivity contribution is -0.113. The number of benzene rings is 1. The molecule has 1 aliphatic heterocycles. The third-order valence-electron chi connectivity index (χ3n) is 5.49. The standard InChI is InChI=1S/C24H22N6O3S/c1-14-20(23(31)27-15-6-4-10-25-13-15)21(17-9-8-16(32-2)12-18(17)33-3)30-24(26-14)28-22(29-30)19-7-5-11-34-19/h4-13,21H,1-3H3,(H,27,31)(H,26,28,29)/t21-/m0/s1. The molecule has 3 aromatic heterocycles. The van der Waals surface area contributed by atoms with Crippen molar-refractivity contribution in [3.8, 4) is 22.2 Å². The number of pyridine rings is 1. The van der Waals surface area contributed by atoms with Crippen LogP contribution in [0, 0.1) is 0 Å². The van der Waals surface area contributed by atoms with Crippen LogP contribution in [0.15, 0.2) is 71.5 Å². The number of methoxy groups -OCH3 is 2. The van der Waals surface area contributed by atoms with Gasteiger partial charge in [-0.1, -0.05) is 6.07 Å². The monoisotopic (exact) mass is 474 g/mol. The molecule has 34 heavy (non-hydrogen) atoms. The number of aromatic nitrogens is 4. The molecular formula is C24H22N6O3S. The Morgan fingerprint density at radius 2 is 2.06 bits per heavy atom. The summed E-state index contributed by atoms with van der Waals surface area (Å²) in [5.74, 6) is 2.07. The Morgan fingerprint density at radius 3 is 2.76 bits per heavy atom. The van der Waals surface area contributed by atoms with Crippen molar-refractivity contribution >= 4 is 28.9 Å². The molecule has 0 unspecified atom stereocenters. The predicted octanol–water partition coefficient (Wildman–Crippen LogP) is 4.35. The first kappa shape index (κ1) is 21.7. The molecular weight excluding hydrogens is 452 g/mol. The average Bonchev–Trinajstić information content (AvgIpc) is 3.53. The minimum atomic E-state index is -0.588. The Hall–Kier alpha value is -4.18. The highest BCUT2D eigenvalue weighted by Gasteiger charge is 2.36. The second-order valence-corrected chi connectivity index (χ2v) is 8.50. The highest BCUT2D eigenvalue weighted by molar-refractivity contribution is 7.13. The van der Waals surface area contributed by atoms with Crippen molar-refractivity contribution in [2.45, 2.75) is 13.0 Å². The number of hydrogen-bond donors (Lipinski definition) is 2. The summed E-state index contributed by atoms with van der Waals surface area (Å²) in [5.41, 5.74) is 2.51. The second kappa shape index (κ2) is 8.99. The normalized spacial score (nSPS) is 14.9. The van der Waals surface area contributed by atoms with Crippen molar-refractivity contribution in [3.05, 3.63) is 77.1 Å². The minimum absolute atomic E-state index is 0.278. The first-order chi connectivity index (χ1) is 16.6. The van der Waals surface area contributed by atoms with Gasteiger partial charge in [0.2, 0.25) is 5.95 Å². The van der Waals surface area contributed by atoms with E-state index in [0.29, 0.717) is 40.2 Å². The first-order valence-corrected chi connectivity index (χ1v) is 11.4. The van der Waals surface area contributed by atoms with E-state index in [1.165, 1.54) is 0 Å². The molecule has 4 heterocycles. The van der Waals surface area contributed by atoms with Gasteiger partial charge in [-0.05, 0) is 42.6 Å². The molecule has 10 heteroatoms. The summed E-state index contributed by atoms with van der Waals surface area (Å²) in [6.07, 6.45) is 3.25. The predicted molar refractivity (Wildman–Crippen MR) is 130 cm³/mol. The number of allylic oxidation sites excluding steroid dienone is 1.